The van der Waals surface area contributed by atoms with Gasteiger partial charge in [0.1, 0.15) is 11.5 Å². The van der Waals surface area contributed by atoms with Gasteiger partial charge in [-0.25, -0.2) is 0 Å². The number of hydrogen-bond acceptors (Lipinski definition) is 3. The second-order valence-corrected chi connectivity index (χ2v) is 5.33. The van der Waals surface area contributed by atoms with Crippen molar-refractivity contribution >= 4 is 18.3 Å². The molecule has 1 atom stereocenters. The number of furan rings is 1. The van der Waals surface area contributed by atoms with Crippen molar-refractivity contribution in [1.29, 1.82) is 0 Å². The minimum atomic E-state index is -0.0540. The molecule has 5 heteroatoms. The molecule has 0 aliphatic rings. The highest BCUT2D eigenvalue weighted by Crippen LogP contribution is 2.10. The van der Waals surface area contributed by atoms with Crippen molar-refractivity contribution < 1.29 is 9.21 Å². The van der Waals surface area contributed by atoms with Crippen molar-refractivity contribution in [2.24, 2.45) is 5.73 Å². The lowest BCUT2D eigenvalue weighted by molar-refractivity contribution is 0.0938. The summed E-state index contributed by atoms with van der Waals surface area (Å²) in [6.45, 7) is 4.42. The molecule has 0 saturated heterocycles. The van der Waals surface area contributed by atoms with Crippen molar-refractivity contribution in [1.82, 2.24) is 5.32 Å². The molecule has 0 saturated carbocycles. The molecule has 1 aromatic heterocycles. The van der Waals surface area contributed by atoms with Gasteiger partial charge in [0.05, 0.1) is 0 Å². The van der Waals surface area contributed by atoms with E-state index >= 15 is 0 Å². The topological polar surface area (TPSA) is 68.3 Å². The number of aryl methyl sites for hydroxylation is 2. The third-order valence-electron chi connectivity index (χ3n) is 3.45. The van der Waals surface area contributed by atoms with E-state index in [0.717, 1.165) is 29.9 Å². The average molecular weight is 323 g/mol. The number of halogens is 1. The van der Waals surface area contributed by atoms with E-state index in [2.05, 4.69) is 5.32 Å². The molecule has 0 aliphatic carbocycles. The number of amides is 1. The SMILES string of the molecule is Cc1ccc(CCC(C)NC(=O)c2ccc(CN)cc2)o1.Cl. The maximum Gasteiger partial charge on any atom is 0.251 e. The summed E-state index contributed by atoms with van der Waals surface area (Å²) in [5, 5.41) is 3.00. The van der Waals surface area contributed by atoms with Crippen molar-refractivity contribution in [3.8, 4) is 0 Å². The third-order valence-corrected chi connectivity index (χ3v) is 3.45. The van der Waals surface area contributed by atoms with Crippen LogP contribution in [0.1, 0.15) is 40.8 Å². The molecule has 1 unspecified atom stereocenters. The van der Waals surface area contributed by atoms with Crippen LogP contribution in [0.2, 0.25) is 0 Å². The Morgan fingerprint density at radius 2 is 1.91 bits per heavy atom. The number of carbonyl (C=O) groups excluding carboxylic acids is 1. The molecule has 4 nitrogen and oxygen atoms in total. The fourth-order valence-electron chi connectivity index (χ4n) is 2.15. The van der Waals surface area contributed by atoms with Crippen molar-refractivity contribution in [2.75, 3.05) is 0 Å². The average Bonchev–Trinajstić information content (AvgIpc) is 2.91. The van der Waals surface area contributed by atoms with E-state index in [4.69, 9.17) is 10.2 Å². The fraction of sp³-hybridized carbons (Fsp3) is 0.353. The maximum absolute atomic E-state index is 12.1. The lowest BCUT2D eigenvalue weighted by Gasteiger charge is -2.13. The van der Waals surface area contributed by atoms with Gasteiger partial charge in [0.15, 0.2) is 0 Å². The van der Waals surface area contributed by atoms with Gasteiger partial charge in [-0.05, 0) is 50.1 Å². The van der Waals surface area contributed by atoms with Crippen molar-refractivity contribution in [3.05, 3.63) is 59.0 Å². The first-order valence-corrected chi connectivity index (χ1v) is 7.23. The van der Waals surface area contributed by atoms with Gasteiger partial charge in [-0.1, -0.05) is 12.1 Å². The largest absolute Gasteiger partial charge is 0.466 e. The van der Waals surface area contributed by atoms with E-state index in [-0.39, 0.29) is 24.4 Å². The van der Waals surface area contributed by atoms with E-state index in [0.29, 0.717) is 12.1 Å². The van der Waals surface area contributed by atoms with E-state index in [9.17, 15) is 4.79 Å². The number of nitrogens with two attached hydrogens (primary N) is 1. The van der Waals surface area contributed by atoms with Crippen LogP contribution in [-0.4, -0.2) is 11.9 Å². The van der Waals surface area contributed by atoms with Crippen LogP contribution in [0.15, 0.2) is 40.8 Å². The van der Waals surface area contributed by atoms with Gasteiger partial charge in [-0.3, -0.25) is 4.79 Å². The van der Waals surface area contributed by atoms with Crippen LogP contribution in [0.5, 0.6) is 0 Å². The Hall–Kier alpha value is -1.78. The minimum Gasteiger partial charge on any atom is -0.466 e. The molecule has 1 aromatic carbocycles. The molecule has 0 aliphatic heterocycles. The second-order valence-electron chi connectivity index (χ2n) is 5.33. The second kappa shape index (κ2) is 8.61. The van der Waals surface area contributed by atoms with Gasteiger partial charge in [-0.15, -0.1) is 12.4 Å². The van der Waals surface area contributed by atoms with Crippen LogP contribution >= 0.6 is 12.4 Å². The molecule has 3 N–H and O–H groups in total. The first kappa shape index (κ1) is 18.3. The summed E-state index contributed by atoms with van der Waals surface area (Å²) in [6.07, 6.45) is 1.67. The normalized spacial score (nSPS) is 11.6. The number of hydrogen-bond donors (Lipinski definition) is 2. The monoisotopic (exact) mass is 322 g/mol. The van der Waals surface area contributed by atoms with Crippen LogP contribution in [0, 0.1) is 6.92 Å². The molecule has 0 radical (unpaired) electrons. The Balaban J connectivity index is 0.00000242. The Labute approximate surface area is 137 Å². The summed E-state index contributed by atoms with van der Waals surface area (Å²) < 4.78 is 5.52. The zero-order valence-electron chi connectivity index (χ0n) is 13.0. The highest BCUT2D eigenvalue weighted by molar-refractivity contribution is 5.94. The zero-order chi connectivity index (χ0) is 15.2. The molecule has 1 amide bonds. The summed E-state index contributed by atoms with van der Waals surface area (Å²) in [6, 6.07) is 11.4. The van der Waals surface area contributed by atoms with Gasteiger partial charge in [-0.2, -0.15) is 0 Å². The van der Waals surface area contributed by atoms with Gasteiger partial charge in [0, 0.05) is 24.6 Å². The van der Waals surface area contributed by atoms with Crippen molar-refractivity contribution in [2.45, 2.75) is 39.3 Å². The Morgan fingerprint density at radius 1 is 1.23 bits per heavy atom. The fourth-order valence-corrected chi connectivity index (χ4v) is 2.15. The molecule has 0 fully saturated rings. The smallest absolute Gasteiger partial charge is 0.251 e. The minimum absolute atomic E-state index is 0. The predicted molar refractivity (Wildman–Crippen MR) is 90.3 cm³/mol. The molecule has 1 heterocycles. The first-order chi connectivity index (χ1) is 10.1. The van der Waals surface area contributed by atoms with E-state index in [1.807, 2.05) is 38.1 Å². The first-order valence-electron chi connectivity index (χ1n) is 7.23. The van der Waals surface area contributed by atoms with Gasteiger partial charge < -0.3 is 15.5 Å². The molecule has 22 heavy (non-hydrogen) atoms. The molecule has 2 rings (SSSR count). The molecular formula is C17H23ClN2O2. The number of carbonyl (C=O) groups is 1. The van der Waals surface area contributed by atoms with Crippen LogP contribution in [0.3, 0.4) is 0 Å². The lowest BCUT2D eigenvalue weighted by Crippen LogP contribution is -2.32. The van der Waals surface area contributed by atoms with E-state index in [1.54, 1.807) is 12.1 Å². The summed E-state index contributed by atoms with van der Waals surface area (Å²) >= 11 is 0. The molecule has 2 aromatic rings. The summed E-state index contributed by atoms with van der Waals surface area (Å²) in [5.74, 6) is 1.82. The maximum atomic E-state index is 12.1. The molecule has 0 spiro atoms. The zero-order valence-corrected chi connectivity index (χ0v) is 13.8. The standard InChI is InChI=1S/C17H22N2O2.ClH/c1-12(3-9-16-10-4-13(2)21-16)19-17(20)15-7-5-14(11-18)6-8-15;/h4-8,10,12H,3,9,11,18H2,1-2H3,(H,19,20);1H. The number of rotatable bonds is 6. The van der Waals surface area contributed by atoms with Crippen molar-refractivity contribution in [3.63, 3.8) is 0 Å². The van der Waals surface area contributed by atoms with E-state index in [1.165, 1.54) is 0 Å². The predicted octanol–water partition coefficient (Wildman–Crippen LogP) is 3.22. The highest BCUT2D eigenvalue weighted by atomic mass is 35.5. The van der Waals surface area contributed by atoms with Gasteiger partial charge in [0.25, 0.3) is 5.91 Å². The Kier molecular flexibility index (Phi) is 7.15. The van der Waals surface area contributed by atoms with Crippen LogP contribution < -0.4 is 11.1 Å². The van der Waals surface area contributed by atoms with Crippen LogP contribution in [0.4, 0.5) is 0 Å². The lowest BCUT2D eigenvalue weighted by atomic mass is 10.1. The molecule has 120 valence electrons. The summed E-state index contributed by atoms with van der Waals surface area (Å²) in [4.78, 5) is 12.1. The quantitative estimate of drug-likeness (QED) is 0.858. The Bertz CT molecular complexity index is 593. The highest BCUT2D eigenvalue weighted by Gasteiger charge is 2.10. The van der Waals surface area contributed by atoms with Crippen LogP contribution in [-0.2, 0) is 13.0 Å². The van der Waals surface area contributed by atoms with Gasteiger partial charge in [0.2, 0.25) is 0 Å². The summed E-state index contributed by atoms with van der Waals surface area (Å²) in [5.41, 5.74) is 7.23. The Morgan fingerprint density at radius 3 is 2.45 bits per heavy atom. The van der Waals surface area contributed by atoms with E-state index < -0.39 is 0 Å². The van der Waals surface area contributed by atoms with Gasteiger partial charge >= 0.3 is 0 Å². The molecule has 0 bridgehead atoms. The van der Waals surface area contributed by atoms with Crippen LogP contribution in [0.25, 0.3) is 0 Å². The number of benzene rings is 1. The number of nitrogens with one attached hydrogen (secondary N) is 1. The summed E-state index contributed by atoms with van der Waals surface area (Å²) in [7, 11) is 0. The third kappa shape index (κ3) is 5.20. The molecular weight excluding hydrogens is 300 g/mol.